The maximum absolute atomic E-state index is 13.6. The number of nitrogens with one attached hydrogen (secondary N) is 1. The van der Waals surface area contributed by atoms with Crippen molar-refractivity contribution in [2.45, 2.75) is 76.4 Å². The van der Waals surface area contributed by atoms with E-state index in [2.05, 4.69) is 29.3 Å². The molecule has 196 valence electrons. The first-order valence-corrected chi connectivity index (χ1v) is 13.9. The molecule has 1 N–H and O–H groups in total. The number of benzene rings is 1. The topological polar surface area (TPSA) is 82.2 Å². The molecule has 4 aliphatic rings. The maximum atomic E-state index is 13.6. The second-order valence-corrected chi connectivity index (χ2v) is 10.9. The fourth-order valence-electron chi connectivity index (χ4n) is 6.57. The van der Waals surface area contributed by atoms with E-state index in [4.69, 9.17) is 4.74 Å². The smallest absolute Gasteiger partial charge is 0.325 e. The number of likely N-dealkylation sites (tertiary alicyclic amines) is 1. The molecular weight excluding hydrogens is 456 g/mol. The molecule has 0 aromatic heterocycles. The predicted molar refractivity (Wildman–Crippen MR) is 138 cm³/mol. The van der Waals surface area contributed by atoms with Crippen LogP contribution in [0.15, 0.2) is 24.3 Å². The van der Waals surface area contributed by atoms with E-state index in [9.17, 15) is 14.4 Å². The number of imide groups is 1. The van der Waals surface area contributed by atoms with Crippen LogP contribution in [0.2, 0.25) is 0 Å². The Kier molecular flexibility index (Phi) is 7.51. The lowest BCUT2D eigenvalue weighted by Gasteiger charge is -2.41. The van der Waals surface area contributed by atoms with Gasteiger partial charge in [0, 0.05) is 44.0 Å². The zero-order valence-corrected chi connectivity index (χ0v) is 21.5. The molecule has 8 nitrogen and oxygen atoms in total. The van der Waals surface area contributed by atoms with Crippen LogP contribution in [-0.4, -0.2) is 78.6 Å². The molecular formula is C28H40N4O4. The van der Waals surface area contributed by atoms with Crippen molar-refractivity contribution in [1.29, 1.82) is 0 Å². The number of hydrogen-bond acceptors (Lipinski definition) is 5. The third-order valence-corrected chi connectivity index (χ3v) is 8.57. The van der Waals surface area contributed by atoms with Crippen molar-refractivity contribution >= 4 is 23.5 Å². The molecule has 0 spiro atoms. The molecule has 4 fully saturated rings. The molecule has 0 radical (unpaired) electrons. The molecule has 1 aromatic rings. The third-order valence-electron chi connectivity index (χ3n) is 8.57. The highest BCUT2D eigenvalue weighted by Gasteiger charge is 2.55. The van der Waals surface area contributed by atoms with E-state index in [-0.39, 0.29) is 29.9 Å². The molecule has 5 rings (SSSR count). The van der Waals surface area contributed by atoms with Gasteiger partial charge >= 0.3 is 6.03 Å². The summed E-state index contributed by atoms with van der Waals surface area (Å²) in [4.78, 5) is 45.4. The molecule has 36 heavy (non-hydrogen) atoms. The summed E-state index contributed by atoms with van der Waals surface area (Å²) in [6, 6.07) is 7.73. The Labute approximate surface area is 214 Å². The van der Waals surface area contributed by atoms with Gasteiger partial charge in [0.05, 0.1) is 12.6 Å². The van der Waals surface area contributed by atoms with Gasteiger partial charge in [-0.2, -0.15) is 0 Å². The standard InChI is InChI=1S/C28H40N4O4/c1-2-14-28(26(34)32(27(35)29-28)20-24-7-6-19-36-24)22-12-17-31(18-13-22)25(33)21-8-10-23(11-9-21)30-15-4-3-5-16-30/h8-11,22,24H,2-7,12-20H2,1H3,(H,29,35)/t24-,28+/m1/s1. The van der Waals surface area contributed by atoms with Gasteiger partial charge in [0.2, 0.25) is 0 Å². The summed E-state index contributed by atoms with van der Waals surface area (Å²) in [5.41, 5.74) is 1.04. The number of piperidine rings is 2. The van der Waals surface area contributed by atoms with E-state index in [0.29, 0.717) is 51.1 Å². The van der Waals surface area contributed by atoms with Crippen molar-refractivity contribution in [2.24, 2.45) is 5.92 Å². The SMILES string of the molecule is CCC[C@@]1(C2CCN(C(=O)c3ccc(N4CCCCC4)cc3)CC2)NC(=O)N(C[C@H]2CCCO2)C1=O. The first-order chi connectivity index (χ1) is 17.5. The van der Waals surface area contributed by atoms with Crippen LogP contribution in [0.4, 0.5) is 10.5 Å². The average molecular weight is 497 g/mol. The van der Waals surface area contributed by atoms with Crippen molar-refractivity contribution in [3.63, 3.8) is 0 Å². The number of nitrogens with zero attached hydrogens (tertiary/aromatic N) is 3. The number of carbonyl (C=O) groups is 3. The van der Waals surface area contributed by atoms with Gasteiger partial charge in [0.25, 0.3) is 11.8 Å². The van der Waals surface area contributed by atoms with E-state index in [1.54, 1.807) is 0 Å². The number of carbonyl (C=O) groups excluding carboxylic acids is 3. The Morgan fingerprint density at radius 2 is 1.72 bits per heavy atom. The van der Waals surface area contributed by atoms with Crippen LogP contribution >= 0.6 is 0 Å². The lowest BCUT2D eigenvalue weighted by atomic mass is 9.74. The molecule has 4 saturated heterocycles. The lowest BCUT2D eigenvalue weighted by Crippen LogP contribution is -2.56. The molecule has 0 unspecified atom stereocenters. The maximum Gasteiger partial charge on any atom is 0.325 e. The fourth-order valence-corrected chi connectivity index (χ4v) is 6.57. The van der Waals surface area contributed by atoms with Crippen LogP contribution in [0, 0.1) is 5.92 Å². The number of amides is 4. The van der Waals surface area contributed by atoms with Gasteiger partial charge in [-0.3, -0.25) is 14.5 Å². The van der Waals surface area contributed by atoms with E-state index in [1.165, 1.54) is 29.8 Å². The van der Waals surface area contributed by atoms with Crippen LogP contribution in [0.3, 0.4) is 0 Å². The Balaban J connectivity index is 1.22. The lowest BCUT2D eigenvalue weighted by molar-refractivity contribution is -0.135. The molecule has 0 aliphatic carbocycles. The number of rotatable bonds is 7. The predicted octanol–water partition coefficient (Wildman–Crippen LogP) is 3.80. The van der Waals surface area contributed by atoms with Crippen molar-refractivity contribution in [1.82, 2.24) is 15.1 Å². The first kappa shape index (κ1) is 25.1. The van der Waals surface area contributed by atoms with Crippen molar-refractivity contribution in [2.75, 3.05) is 44.2 Å². The van der Waals surface area contributed by atoms with Crippen molar-refractivity contribution in [3.05, 3.63) is 29.8 Å². The summed E-state index contributed by atoms with van der Waals surface area (Å²) in [7, 11) is 0. The van der Waals surface area contributed by atoms with Crippen LogP contribution < -0.4 is 10.2 Å². The van der Waals surface area contributed by atoms with Gasteiger partial charge < -0.3 is 19.9 Å². The summed E-state index contributed by atoms with van der Waals surface area (Å²) in [6.07, 6.45) is 8.39. The van der Waals surface area contributed by atoms with Gasteiger partial charge in [-0.05, 0) is 81.5 Å². The van der Waals surface area contributed by atoms with Crippen LogP contribution in [0.5, 0.6) is 0 Å². The molecule has 1 aromatic carbocycles. The molecule has 0 bridgehead atoms. The Morgan fingerprint density at radius 3 is 2.36 bits per heavy atom. The zero-order valence-electron chi connectivity index (χ0n) is 21.5. The third kappa shape index (κ3) is 4.84. The number of anilines is 1. The van der Waals surface area contributed by atoms with Gasteiger partial charge in [0.15, 0.2) is 0 Å². The van der Waals surface area contributed by atoms with Crippen LogP contribution in [0.25, 0.3) is 0 Å². The second-order valence-electron chi connectivity index (χ2n) is 10.9. The highest BCUT2D eigenvalue weighted by atomic mass is 16.5. The minimum Gasteiger partial charge on any atom is -0.376 e. The minimum absolute atomic E-state index is 0.0222. The zero-order chi connectivity index (χ0) is 25.1. The van der Waals surface area contributed by atoms with Crippen LogP contribution in [-0.2, 0) is 9.53 Å². The van der Waals surface area contributed by atoms with Crippen molar-refractivity contribution in [3.8, 4) is 0 Å². The summed E-state index contributed by atoms with van der Waals surface area (Å²) in [5.74, 6) is -0.0400. The number of urea groups is 1. The van der Waals surface area contributed by atoms with Gasteiger partial charge in [-0.1, -0.05) is 13.3 Å². The molecule has 0 saturated carbocycles. The van der Waals surface area contributed by atoms with E-state index >= 15 is 0 Å². The van der Waals surface area contributed by atoms with Crippen molar-refractivity contribution < 1.29 is 19.1 Å². The summed E-state index contributed by atoms with van der Waals surface area (Å²) < 4.78 is 5.69. The minimum atomic E-state index is -0.865. The number of ether oxygens (including phenoxy) is 1. The Morgan fingerprint density at radius 1 is 1.00 bits per heavy atom. The quantitative estimate of drug-likeness (QED) is 0.581. The molecule has 8 heteroatoms. The monoisotopic (exact) mass is 496 g/mol. The van der Waals surface area contributed by atoms with Gasteiger partial charge in [-0.15, -0.1) is 0 Å². The Hall–Kier alpha value is -2.61. The Bertz CT molecular complexity index is 947. The van der Waals surface area contributed by atoms with E-state index < -0.39 is 5.54 Å². The largest absolute Gasteiger partial charge is 0.376 e. The molecule has 4 amide bonds. The fraction of sp³-hybridized carbons (Fsp3) is 0.679. The second kappa shape index (κ2) is 10.8. The number of hydrogen-bond donors (Lipinski definition) is 1. The van der Waals surface area contributed by atoms with E-state index in [0.717, 1.165) is 32.4 Å². The van der Waals surface area contributed by atoms with E-state index in [1.807, 2.05) is 17.0 Å². The highest BCUT2D eigenvalue weighted by Crippen LogP contribution is 2.38. The van der Waals surface area contributed by atoms with Gasteiger partial charge in [0.1, 0.15) is 5.54 Å². The molecule has 4 aliphatic heterocycles. The normalized spacial score (nSPS) is 27.6. The first-order valence-electron chi connectivity index (χ1n) is 13.9. The summed E-state index contributed by atoms with van der Waals surface area (Å²) >= 11 is 0. The highest BCUT2D eigenvalue weighted by molar-refractivity contribution is 6.07. The molecule has 4 heterocycles. The average Bonchev–Trinajstić information content (AvgIpc) is 3.52. The summed E-state index contributed by atoms with van der Waals surface area (Å²) in [5, 5.41) is 3.10. The van der Waals surface area contributed by atoms with Crippen LogP contribution in [0.1, 0.15) is 75.1 Å². The molecule has 2 atom stereocenters. The van der Waals surface area contributed by atoms with Gasteiger partial charge in [-0.25, -0.2) is 4.79 Å². The summed E-state index contributed by atoms with van der Waals surface area (Å²) in [6.45, 7) is 6.44.